The molecule has 0 aliphatic carbocycles. The van der Waals surface area contributed by atoms with Crippen LogP contribution in [-0.4, -0.2) is 58.1 Å². The van der Waals surface area contributed by atoms with E-state index in [0.29, 0.717) is 31.3 Å². The number of rotatable bonds is 4. The van der Waals surface area contributed by atoms with Gasteiger partial charge in [0.2, 0.25) is 5.88 Å². The first-order valence-corrected chi connectivity index (χ1v) is 7.79. The lowest BCUT2D eigenvalue weighted by molar-refractivity contribution is 0.0741. The molecule has 1 amide bonds. The lowest BCUT2D eigenvalue weighted by Gasteiger charge is -2.35. The number of carbonyl (C=O) groups is 1. The van der Waals surface area contributed by atoms with Crippen LogP contribution in [0.5, 0.6) is 5.88 Å². The highest BCUT2D eigenvalue weighted by atomic mass is 16.5. The molecular weight excluding hydrogens is 294 g/mol. The summed E-state index contributed by atoms with van der Waals surface area (Å²) < 4.78 is 7.23. The van der Waals surface area contributed by atoms with Gasteiger partial charge >= 0.3 is 0 Å². The average molecular weight is 315 g/mol. The van der Waals surface area contributed by atoms with Gasteiger partial charge < -0.3 is 19.1 Å². The van der Waals surface area contributed by atoms with Crippen molar-refractivity contribution in [3.63, 3.8) is 0 Å². The molecule has 0 saturated carbocycles. The molecule has 7 heteroatoms. The Kier molecular flexibility index (Phi) is 4.45. The second-order valence-corrected chi connectivity index (χ2v) is 5.47. The zero-order valence-corrected chi connectivity index (χ0v) is 13.5. The Bertz CT molecular complexity index is 677. The number of amides is 1. The molecule has 1 saturated heterocycles. The third-order valence-corrected chi connectivity index (χ3v) is 3.82. The predicted molar refractivity (Wildman–Crippen MR) is 86.7 cm³/mol. The number of imidazole rings is 1. The summed E-state index contributed by atoms with van der Waals surface area (Å²) in [6, 6.07) is 5.77. The third-order valence-electron chi connectivity index (χ3n) is 3.82. The van der Waals surface area contributed by atoms with Crippen molar-refractivity contribution in [2.75, 3.05) is 37.7 Å². The molecule has 122 valence electrons. The SMILES string of the molecule is CCOc1cccc(N2CCN(C(=O)c3cn(C)cn3)CC2)n1. The van der Waals surface area contributed by atoms with E-state index in [1.807, 2.05) is 37.1 Å². The van der Waals surface area contributed by atoms with E-state index >= 15 is 0 Å². The van der Waals surface area contributed by atoms with Crippen LogP contribution in [0.1, 0.15) is 17.4 Å². The number of hydrogen-bond acceptors (Lipinski definition) is 5. The van der Waals surface area contributed by atoms with Crippen molar-refractivity contribution < 1.29 is 9.53 Å². The zero-order valence-electron chi connectivity index (χ0n) is 13.5. The van der Waals surface area contributed by atoms with Crippen LogP contribution in [0.3, 0.4) is 0 Å². The molecule has 1 fully saturated rings. The summed E-state index contributed by atoms with van der Waals surface area (Å²) in [5.74, 6) is 1.51. The lowest BCUT2D eigenvalue weighted by atomic mass is 10.2. The lowest BCUT2D eigenvalue weighted by Crippen LogP contribution is -2.49. The van der Waals surface area contributed by atoms with Crippen LogP contribution in [0.15, 0.2) is 30.7 Å². The predicted octanol–water partition coefficient (Wildman–Crippen LogP) is 1.18. The van der Waals surface area contributed by atoms with Gasteiger partial charge in [-0.25, -0.2) is 4.98 Å². The monoisotopic (exact) mass is 315 g/mol. The Balaban J connectivity index is 1.62. The molecule has 3 rings (SSSR count). The highest BCUT2D eigenvalue weighted by Crippen LogP contribution is 2.18. The van der Waals surface area contributed by atoms with Crippen molar-refractivity contribution in [1.82, 2.24) is 19.4 Å². The number of anilines is 1. The zero-order chi connectivity index (χ0) is 16.2. The maximum atomic E-state index is 12.4. The van der Waals surface area contributed by atoms with Gasteiger partial charge in [-0.2, -0.15) is 4.98 Å². The molecule has 0 N–H and O–H groups in total. The van der Waals surface area contributed by atoms with Crippen molar-refractivity contribution in [2.24, 2.45) is 7.05 Å². The summed E-state index contributed by atoms with van der Waals surface area (Å²) in [6.45, 7) is 5.37. The molecule has 1 aliphatic heterocycles. The molecule has 2 aromatic rings. The molecule has 0 spiro atoms. The molecular formula is C16H21N5O2. The first-order valence-electron chi connectivity index (χ1n) is 7.79. The number of piperazine rings is 1. The third kappa shape index (κ3) is 3.44. The topological polar surface area (TPSA) is 63.5 Å². The minimum absolute atomic E-state index is 0.0127. The second kappa shape index (κ2) is 6.68. The number of pyridine rings is 1. The van der Waals surface area contributed by atoms with Gasteiger partial charge in [0.05, 0.1) is 12.9 Å². The molecule has 3 heterocycles. The molecule has 0 bridgehead atoms. The minimum Gasteiger partial charge on any atom is -0.478 e. The summed E-state index contributed by atoms with van der Waals surface area (Å²) >= 11 is 0. The van der Waals surface area contributed by atoms with Crippen molar-refractivity contribution in [3.05, 3.63) is 36.4 Å². The smallest absolute Gasteiger partial charge is 0.274 e. The summed E-state index contributed by atoms with van der Waals surface area (Å²) in [4.78, 5) is 25.0. The number of ether oxygens (including phenoxy) is 1. The van der Waals surface area contributed by atoms with E-state index in [-0.39, 0.29) is 5.91 Å². The van der Waals surface area contributed by atoms with Crippen LogP contribution in [0.2, 0.25) is 0 Å². The van der Waals surface area contributed by atoms with E-state index in [9.17, 15) is 4.79 Å². The average Bonchev–Trinajstić information content (AvgIpc) is 3.01. The summed E-state index contributed by atoms with van der Waals surface area (Å²) in [7, 11) is 1.86. The molecule has 23 heavy (non-hydrogen) atoms. The Hall–Kier alpha value is -2.57. The summed E-state index contributed by atoms with van der Waals surface area (Å²) in [5, 5.41) is 0. The molecule has 0 atom stereocenters. The van der Waals surface area contributed by atoms with Crippen LogP contribution < -0.4 is 9.64 Å². The Labute approximate surface area is 135 Å². The van der Waals surface area contributed by atoms with Crippen LogP contribution in [0.25, 0.3) is 0 Å². The number of aromatic nitrogens is 3. The Morgan fingerprint density at radius 3 is 2.70 bits per heavy atom. The second-order valence-electron chi connectivity index (χ2n) is 5.47. The van der Waals surface area contributed by atoms with Crippen molar-refractivity contribution in [3.8, 4) is 5.88 Å². The van der Waals surface area contributed by atoms with Gasteiger partial charge in [0, 0.05) is 45.5 Å². The first-order chi connectivity index (χ1) is 11.2. The molecule has 7 nitrogen and oxygen atoms in total. The Morgan fingerprint density at radius 2 is 2.04 bits per heavy atom. The minimum atomic E-state index is -0.0127. The number of aryl methyl sites for hydroxylation is 1. The van der Waals surface area contributed by atoms with E-state index in [1.54, 1.807) is 17.1 Å². The fourth-order valence-electron chi connectivity index (χ4n) is 2.63. The molecule has 0 aromatic carbocycles. The Morgan fingerprint density at radius 1 is 1.26 bits per heavy atom. The van der Waals surface area contributed by atoms with E-state index in [1.165, 1.54) is 0 Å². The van der Waals surface area contributed by atoms with Crippen LogP contribution in [0.4, 0.5) is 5.82 Å². The fraction of sp³-hybridized carbons (Fsp3) is 0.438. The van der Waals surface area contributed by atoms with Crippen molar-refractivity contribution in [2.45, 2.75) is 6.92 Å². The highest BCUT2D eigenvalue weighted by molar-refractivity contribution is 5.92. The van der Waals surface area contributed by atoms with E-state index in [2.05, 4.69) is 14.9 Å². The van der Waals surface area contributed by atoms with Crippen LogP contribution in [0, 0.1) is 0 Å². The summed E-state index contributed by atoms with van der Waals surface area (Å²) in [5.41, 5.74) is 0.498. The van der Waals surface area contributed by atoms with E-state index in [0.717, 1.165) is 18.9 Å². The van der Waals surface area contributed by atoms with Crippen LogP contribution >= 0.6 is 0 Å². The van der Waals surface area contributed by atoms with Gasteiger partial charge in [-0.3, -0.25) is 4.79 Å². The molecule has 2 aromatic heterocycles. The fourth-order valence-corrected chi connectivity index (χ4v) is 2.63. The maximum absolute atomic E-state index is 12.4. The van der Waals surface area contributed by atoms with Gasteiger partial charge in [0.25, 0.3) is 5.91 Å². The highest BCUT2D eigenvalue weighted by Gasteiger charge is 2.24. The van der Waals surface area contributed by atoms with E-state index in [4.69, 9.17) is 4.74 Å². The van der Waals surface area contributed by atoms with E-state index < -0.39 is 0 Å². The van der Waals surface area contributed by atoms with Gasteiger partial charge in [-0.15, -0.1) is 0 Å². The number of carbonyl (C=O) groups excluding carboxylic acids is 1. The summed E-state index contributed by atoms with van der Waals surface area (Å²) in [6.07, 6.45) is 3.40. The largest absolute Gasteiger partial charge is 0.478 e. The standard InChI is InChI=1S/C16H21N5O2/c1-3-23-15-6-4-5-14(18-15)20-7-9-21(10-8-20)16(22)13-11-19(2)12-17-13/h4-6,11-12H,3,7-10H2,1-2H3. The van der Waals surface area contributed by atoms with Gasteiger partial charge in [-0.1, -0.05) is 6.07 Å². The van der Waals surface area contributed by atoms with Crippen molar-refractivity contribution in [1.29, 1.82) is 0 Å². The molecule has 0 unspecified atom stereocenters. The number of nitrogens with zero attached hydrogens (tertiary/aromatic N) is 5. The van der Waals surface area contributed by atoms with Gasteiger partial charge in [-0.05, 0) is 13.0 Å². The maximum Gasteiger partial charge on any atom is 0.274 e. The molecule has 1 aliphatic rings. The van der Waals surface area contributed by atoms with Gasteiger partial charge in [0.1, 0.15) is 11.5 Å². The van der Waals surface area contributed by atoms with Crippen LogP contribution in [-0.2, 0) is 7.05 Å². The molecule has 0 radical (unpaired) electrons. The first kappa shape index (κ1) is 15.3. The normalized spacial score (nSPS) is 14.9. The number of hydrogen-bond donors (Lipinski definition) is 0. The quantitative estimate of drug-likeness (QED) is 0.848. The van der Waals surface area contributed by atoms with Crippen molar-refractivity contribution >= 4 is 11.7 Å². The van der Waals surface area contributed by atoms with Gasteiger partial charge in [0.15, 0.2) is 0 Å².